The highest BCUT2D eigenvalue weighted by Gasteiger charge is 2.14. The molecule has 0 atom stereocenters. The Labute approximate surface area is 113 Å². The normalized spacial score (nSPS) is 16.7. The van der Waals surface area contributed by atoms with Crippen LogP contribution in [0.5, 0.6) is 0 Å². The van der Waals surface area contributed by atoms with E-state index in [4.69, 9.17) is 0 Å². The monoisotopic (exact) mass is 257 g/mol. The first kappa shape index (κ1) is 11.8. The third-order valence-corrected chi connectivity index (χ3v) is 4.58. The van der Waals surface area contributed by atoms with Gasteiger partial charge in [-0.25, -0.2) is 0 Å². The van der Waals surface area contributed by atoms with Gasteiger partial charge in [-0.3, -0.25) is 0 Å². The van der Waals surface area contributed by atoms with E-state index in [1.54, 1.807) is 0 Å². The third kappa shape index (κ3) is 2.59. The van der Waals surface area contributed by atoms with Gasteiger partial charge in [-0.2, -0.15) is 0 Å². The molecule has 1 aliphatic rings. The van der Waals surface area contributed by atoms with Crippen molar-refractivity contribution in [3.05, 3.63) is 41.8 Å². The van der Waals surface area contributed by atoms with E-state index >= 15 is 0 Å². The van der Waals surface area contributed by atoms with E-state index in [9.17, 15) is 0 Å². The van der Waals surface area contributed by atoms with Crippen molar-refractivity contribution in [1.82, 2.24) is 0 Å². The molecule has 2 heteroatoms. The molecule has 1 aliphatic carbocycles. The highest BCUT2D eigenvalue weighted by molar-refractivity contribution is 7.13. The van der Waals surface area contributed by atoms with Crippen LogP contribution in [0.15, 0.2) is 41.8 Å². The summed E-state index contributed by atoms with van der Waals surface area (Å²) in [5.41, 5.74) is 2.64. The number of hydrogen-bond acceptors (Lipinski definition) is 2. The Morgan fingerprint density at radius 1 is 0.944 bits per heavy atom. The van der Waals surface area contributed by atoms with Gasteiger partial charge in [0.25, 0.3) is 0 Å². The quantitative estimate of drug-likeness (QED) is 0.801. The van der Waals surface area contributed by atoms with Gasteiger partial charge >= 0.3 is 0 Å². The fraction of sp³-hybridized carbons (Fsp3) is 0.375. The summed E-state index contributed by atoms with van der Waals surface area (Å²) in [5, 5.41) is 5.89. The van der Waals surface area contributed by atoms with Crippen molar-refractivity contribution in [2.75, 3.05) is 5.32 Å². The van der Waals surface area contributed by atoms with Gasteiger partial charge < -0.3 is 5.32 Å². The van der Waals surface area contributed by atoms with Crippen molar-refractivity contribution in [3.63, 3.8) is 0 Å². The van der Waals surface area contributed by atoms with Crippen LogP contribution in [-0.2, 0) is 0 Å². The minimum absolute atomic E-state index is 0.667. The molecule has 1 saturated carbocycles. The smallest absolute Gasteiger partial charge is 0.0430 e. The Hall–Kier alpha value is -1.28. The number of para-hydroxylation sites is 1. The van der Waals surface area contributed by atoms with Crippen molar-refractivity contribution in [1.29, 1.82) is 0 Å². The first-order valence-electron chi connectivity index (χ1n) is 6.83. The van der Waals surface area contributed by atoms with Crippen LogP contribution in [0.25, 0.3) is 10.4 Å². The zero-order valence-corrected chi connectivity index (χ0v) is 11.4. The summed E-state index contributed by atoms with van der Waals surface area (Å²) in [4.78, 5) is 1.36. The first-order chi connectivity index (χ1) is 8.93. The Kier molecular flexibility index (Phi) is 3.65. The summed E-state index contributed by atoms with van der Waals surface area (Å²) in [6, 6.07) is 13.7. The van der Waals surface area contributed by atoms with Crippen molar-refractivity contribution in [2.24, 2.45) is 0 Å². The molecule has 1 N–H and O–H groups in total. The molecule has 1 aromatic carbocycles. The fourth-order valence-corrected chi connectivity index (χ4v) is 3.49. The summed E-state index contributed by atoms with van der Waals surface area (Å²) in [6.45, 7) is 0. The predicted molar refractivity (Wildman–Crippen MR) is 80.3 cm³/mol. The van der Waals surface area contributed by atoms with Crippen molar-refractivity contribution < 1.29 is 0 Å². The standard InChI is InChI=1S/C16H19NS/c1-2-7-13(8-3-1)17-15-10-5-4-9-14(15)16-11-6-12-18-16/h4-6,9-13,17H,1-3,7-8H2. The van der Waals surface area contributed by atoms with Crippen molar-refractivity contribution in [3.8, 4) is 10.4 Å². The summed E-state index contributed by atoms with van der Waals surface area (Å²) < 4.78 is 0. The fourth-order valence-electron chi connectivity index (χ4n) is 2.72. The average molecular weight is 257 g/mol. The largest absolute Gasteiger partial charge is 0.382 e. The Morgan fingerprint density at radius 3 is 2.56 bits per heavy atom. The van der Waals surface area contributed by atoms with Crippen LogP contribution in [0, 0.1) is 0 Å². The minimum Gasteiger partial charge on any atom is -0.382 e. The molecule has 3 rings (SSSR count). The highest BCUT2D eigenvalue weighted by Crippen LogP contribution is 2.33. The molecule has 94 valence electrons. The second-order valence-corrected chi connectivity index (χ2v) is 5.95. The lowest BCUT2D eigenvalue weighted by Gasteiger charge is -2.25. The number of thiophene rings is 1. The van der Waals surface area contributed by atoms with Gasteiger partial charge in [0, 0.05) is 22.2 Å². The van der Waals surface area contributed by atoms with Crippen LogP contribution in [0.1, 0.15) is 32.1 Å². The average Bonchev–Trinajstić information content (AvgIpc) is 2.94. The van der Waals surface area contributed by atoms with Gasteiger partial charge in [-0.1, -0.05) is 43.5 Å². The number of hydrogen-bond donors (Lipinski definition) is 1. The van der Waals surface area contributed by atoms with Gasteiger partial charge in [0.1, 0.15) is 0 Å². The number of anilines is 1. The lowest BCUT2D eigenvalue weighted by Crippen LogP contribution is -2.22. The molecule has 0 unspecified atom stereocenters. The van der Waals surface area contributed by atoms with Gasteiger partial charge in [0.05, 0.1) is 0 Å². The van der Waals surface area contributed by atoms with E-state index in [1.165, 1.54) is 48.2 Å². The van der Waals surface area contributed by atoms with Crippen molar-refractivity contribution in [2.45, 2.75) is 38.1 Å². The second kappa shape index (κ2) is 5.57. The third-order valence-electron chi connectivity index (χ3n) is 3.68. The predicted octanol–water partition coefficient (Wildman–Crippen LogP) is 5.16. The van der Waals surface area contributed by atoms with E-state index in [2.05, 4.69) is 47.1 Å². The van der Waals surface area contributed by atoms with E-state index < -0.39 is 0 Å². The molecule has 0 saturated heterocycles. The molecular weight excluding hydrogens is 238 g/mol. The van der Waals surface area contributed by atoms with Gasteiger partial charge in [-0.15, -0.1) is 11.3 Å². The number of nitrogens with one attached hydrogen (secondary N) is 1. The van der Waals surface area contributed by atoms with Crippen LogP contribution < -0.4 is 5.32 Å². The van der Waals surface area contributed by atoms with E-state index in [0.717, 1.165) is 0 Å². The zero-order valence-electron chi connectivity index (χ0n) is 10.6. The first-order valence-corrected chi connectivity index (χ1v) is 7.71. The molecule has 18 heavy (non-hydrogen) atoms. The van der Waals surface area contributed by atoms with E-state index in [1.807, 2.05) is 11.3 Å². The highest BCUT2D eigenvalue weighted by atomic mass is 32.1. The summed E-state index contributed by atoms with van der Waals surface area (Å²) >= 11 is 1.81. The second-order valence-electron chi connectivity index (χ2n) is 5.00. The molecule has 0 amide bonds. The number of rotatable bonds is 3. The van der Waals surface area contributed by atoms with Crippen LogP contribution in [0.2, 0.25) is 0 Å². The summed E-state index contributed by atoms with van der Waals surface area (Å²) in [7, 11) is 0. The van der Waals surface area contributed by atoms with Gasteiger partial charge in [-0.05, 0) is 30.4 Å². The van der Waals surface area contributed by atoms with Gasteiger partial charge in [0.15, 0.2) is 0 Å². The van der Waals surface area contributed by atoms with Crippen LogP contribution >= 0.6 is 11.3 Å². The lowest BCUT2D eigenvalue weighted by atomic mass is 9.95. The van der Waals surface area contributed by atoms with Crippen molar-refractivity contribution >= 4 is 17.0 Å². The molecule has 0 radical (unpaired) electrons. The maximum Gasteiger partial charge on any atom is 0.0430 e. The molecule has 0 aliphatic heterocycles. The molecule has 1 aromatic heterocycles. The Bertz CT molecular complexity index is 484. The SMILES string of the molecule is c1csc(-c2ccccc2NC2CCCCC2)c1. The summed E-state index contributed by atoms with van der Waals surface area (Å²) in [5.74, 6) is 0. The molecule has 2 aromatic rings. The topological polar surface area (TPSA) is 12.0 Å². The molecular formula is C16H19NS. The molecule has 0 spiro atoms. The van der Waals surface area contributed by atoms with Crippen LogP contribution in [-0.4, -0.2) is 6.04 Å². The van der Waals surface area contributed by atoms with Crippen LogP contribution in [0.3, 0.4) is 0 Å². The summed E-state index contributed by atoms with van der Waals surface area (Å²) in [6.07, 6.45) is 6.79. The minimum atomic E-state index is 0.667. The van der Waals surface area contributed by atoms with E-state index in [0.29, 0.717) is 6.04 Å². The molecule has 1 heterocycles. The zero-order chi connectivity index (χ0) is 12.2. The maximum absolute atomic E-state index is 3.74. The maximum atomic E-state index is 3.74. The van der Waals surface area contributed by atoms with E-state index in [-0.39, 0.29) is 0 Å². The lowest BCUT2D eigenvalue weighted by molar-refractivity contribution is 0.463. The Balaban J connectivity index is 1.83. The van der Waals surface area contributed by atoms with Crippen LogP contribution in [0.4, 0.5) is 5.69 Å². The molecule has 0 bridgehead atoms. The molecule has 1 fully saturated rings. The number of benzene rings is 1. The van der Waals surface area contributed by atoms with Gasteiger partial charge in [0.2, 0.25) is 0 Å². The molecule has 1 nitrogen and oxygen atoms in total. The Morgan fingerprint density at radius 2 is 1.78 bits per heavy atom.